The van der Waals surface area contributed by atoms with E-state index in [1.807, 2.05) is 33.8 Å². The summed E-state index contributed by atoms with van der Waals surface area (Å²) in [4.78, 5) is 25.6. The van der Waals surface area contributed by atoms with Crippen LogP contribution in [0.3, 0.4) is 0 Å². The molecule has 9 heteroatoms. The minimum Gasteiger partial charge on any atom is -0.356 e. The first kappa shape index (κ1) is 24.2. The molecule has 2 aromatic rings. The number of benzene rings is 1. The van der Waals surface area contributed by atoms with E-state index in [-0.39, 0.29) is 30.3 Å². The van der Waals surface area contributed by atoms with Gasteiger partial charge in [-0.1, -0.05) is 68.2 Å². The highest BCUT2D eigenvalue weighted by Gasteiger charge is 2.29. The lowest BCUT2D eigenvalue weighted by molar-refractivity contribution is -0.124. The summed E-state index contributed by atoms with van der Waals surface area (Å²) < 4.78 is 5.21. The van der Waals surface area contributed by atoms with E-state index in [1.54, 1.807) is 30.5 Å². The van der Waals surface area contributed by atoms with Gasteiger partial charge in [-0.3, -0.25) is 9.59 Å². The Kier molecular flexibility index (Phi) is 8.70. The van der Waals surface area contributed by atoms with Crippen molar-refractivity contribution in [3.8, 4) is 11.3 Å². The van der Waals surface area contributed by atoms with Gasteiger partial charge in [-0.25, -0.2) is 0 Å². The molecule has 2 atom stereocenters. The molecular weight excluding hydrogens is 427 g/mol. The number of carbonyl (C=O) groups excluding carboxylic acids is 2. The number of nitrogens with one attached hydrogen (secondary N) is 1. The normalized spacial score (nSPS) is 13.5. The van der Waals surface area contributed by atoms with Gasteiger partial charge in [0.2, 0.25) is 5.91 Å². The van der Waals surface area contributed by atoms with Crippen molar-refractivity contribution in [2.75, 3.05) is 11.4 Å². The summed E-state index contributed by atoms with van der Waals surface area (Å²) in [5.74, 6) is -0.163. The molecule has 0 aliphatic heterocycles. The zero-order valence-corrected chi connectivity index (χ0v) is 19.0. The molecule has 3 N–H and O–H groups in total. The van der Waals surface area contributed by atoms with Crippen LogP contribution < -0.4 is 16.0 Å². The van der Waals surface area contributed by atoms with Crippen LogP contribution in [0.25, 0.3) is 11.3 Å². The number of carbonyl (C=O) groups is 2. The first-order chi connectivity index (χ1) is 14.1. The third-order valence-corrected chi connectivity index (χ3v) is 5.24. The molecule has 0 bridgehead atoms. The highest BCUT2D eigenvalue weighted by molar-refractivity contribution is 6.54. The summed E-state index contributed by atoms with van der Waals surface area (Å²) >= 11 is 11.8. The van der Waals surface area contributed by atoms with Crippen molar-refractivity contribution in [1.82, 2.24) is 10.5 Å². The molecule has 0 aliphatic carbocycles. The van der Waals surface area contributed by atoms with Crippen LogP contribution in [0.5, 0.6) is 0 Å². The molecule has 30 heavy (non-hydrogen) atoms. The Bertz CT molecular complexity index is 841. The quantitative estimate of drug-likeness (QED) is 0.563. The summed E-state index contributed by atoms with van der Waals surface area (Å²) in [7, 11) is 0. The van der Waals surface area contributed by atoms with Crippen molar-refractivity contribution < 1.29 is 14.1 Å². The zero-order valence-electron chi connectivity index (χ0n) is 17.5. The van der Waals surface area contributed by atoms with Crippen LogP contribution in [0.2, 0.25) is 0 Å². The molecule has 7 nitrogen and oxygen atoms in total. The second-order valence-electron chi connectivity index (χ2n) is 7.81. The van der Waals surface area contributed by atoms with E-state index in [2.05, 4.69) is 10.5 Å². The second kappa shape index (κ2) is 10.8. The Morgan fingerprint density at radius 3 is 2.40 bits per heavy atom. The van der Waals surface area contributed by atoms with Gasteiger partial charge in [0.25, 0.3) is 5.91 Å². The Labute approximate surface area is 186 Å². The smallest absolute Gasteiger partial charge is 0.260 e. The molecule has 2 rings (SSSR count). The first-order valence-electron chi connectivity index (χ1n) is 9.78. The molecule has 164 valence electrons. The standard InChI is InChI=1S/C21H28Cl2N4O3/c1-12(2)16(26-20(28)18(24)13(3)4)11-27(21(29)19(22)23)15-7-5-6-14(10-15)17-8-9-25-30-17/h5-10,12-13,16,18-19H,11,24H2,1-4H3,(H,26,28). The molecule has 0 fully saturated rings. The predicted octanol–water partition coefficient (Wildman–Crippen LogP) is 3.60. The molecular formula is C21H28Cl2N4O3. The molecule has 0 aliphatic rings. The molecule has 1 aromatic heterocycles. The van der Waals surface area contributed by atoms with Crippen LogP contribution in [-0.4, -0.2) is 40.4 Å². The van der Waals surface area contributed by atoms with Crippen LogP contribution in [0.15, 0.2) is 41.1 Å². The number of nitrogens with zero attached hydrogens (tertiary/aromatic N) is 2. The Balaban J connectivity index is 2.33. The van der Waals surface area contributed by atoms with Crippen molar-refractivity contribution in [3.05, 3.63) is 36.5 Å². The maximum absolute atomic E-state index is 12.8. The number of aromatic nitrogens is 1. The van der Waals surface area contributed by atoms with E-state index in [0.717, 1.165) is 5.56 Å². The van der Waals surface area contributed by atoms with E-state index in [9.17, 15) is 9.59 Å². The largest absolute Gasteiger partial charge is 0.356 e. The average Bonchev–Trinajstić information content (AvgIpc) is 3.24. The zero-order chi connectivity index (χ0) is 22.4. The number of hydrogen-bond acceptors (Lipinski definition) is 5. The molecule has 0 radical (unpaired) electrons. The Morgan fingerprint density at radius 2 is 1.87 bits per heavy atom. The Morgan fingerprint density at radius 1 is 1.17 bits per heavy atom. The van der Waals surface area contributed by atoms with Crippen molar-refractivity contribution in [2.45, 2.75) is 44.6 Å². The summed E-state index contributed by atoms with van der Waals surface area (Å²) in [5, 5.41) is 6.68. The maximum atomic E-state index is 12.8. The predicted molar refractivity (Wildman–Crippen MR) is 119 cm³/mol. The molecule has 1 heterocycles. The number of amides is 2. The third-order valence-electron chi connectivity index (χ3n) is 4.87. The maximum Gasteiger partial charge on any atom is 0.260 e. The van der Waals surface area contributed by atoms with Crippen molar-refractivity contribution in [2.24, 2.45) is 17.6 Å². The topological polar surface area (TPSA) is 101 Å². The van der Waals surface area contributed by atoms with Crippen LogP contribution in [0, 0.1) is 11.8 Å². The number of anilines is 1. The van der Waals surface area contributed by atoms with Crippen LogP contribution >= 0.6 is 23.2 Å². The average molecular weight is 455 g/mol. The van der Waals surface area contributed by atoms with Gasteiger partial charge in [0.1, 0.15) is 0 Å². The molecule has 1 aromatic carbocycles. The van der Waals surface area contributed by atoms with Crippen LogP contribution in [0.4, 0.5) is 5.69 Å². The summed E-state index contributed by atoms with van der Waals surface area (Å²) in [6.45, 7) is 7.86. The van der Waals surface area contributed by atoms with Gasteiger partial charge in [0, 0.05) is 29.9 Å². The highest BCUT2D eigenvalue weighted by Crippen LogP contribution is 2.26. The van der Waals surface area contributed by atoms with E-state index in [0.29, 0.717) is 11.4 Å². The number of halogens is 2. The van der Waals surface area contributed by atoms with Gasteiger partial charge in [-0.2, -0.15) is 0 Å². The van der Waals surface area contributed by atoms with Gasteiger partial charge in [0.05, 0.1) is 12.2 Å². The number of alkyl halides is 2. The van der Waals surface area contributed by atoms with Crippen molar-refractivity contribution in [1.29, 1.82) is 0 Å². The van der Waals surface area contributed by atoms with Gasteiger partial charge >= 0.3 is 0 Å². The lowest BCUT2D eigenvalue weighted by Gasteiger charge is -2.32. The number of hydrogen-bond donors (Lipinski definition) is 2. The second-order valence-corrected chi connectivity index (χ2v) is 8.90. The molecule has 0 saturated carbocycles. The molecule has 0 saturated heterocycles. The highest BCUT2D eigenvalue weighted by atomic mass is 35.5. The Hall–Kier alpha value is -2.09. The summed E-state index contributed by atoms with van der Waals surface area (Å²) in [5.41, 5.74) is 7.30. The minimum absolute atomic E-state index is 0.0100. The van der Waals surface area contributed by atoms with Gasteiger partial charge in [-0.05, 0) is 24.0 Å². The summed E-state index contributed by atoms with van der Waals surface area (Å²) in [6, 6.07) is 7.92. The van der Waals surface area contributed by atoms with Gasteiger partial charge in [-0.15, -0.1) is 0 Å². The first-order valence-corrected chi connectivity index (χ1v) is 10.7. The van der Waals surface area contributed by atoms with E-state index < -0.39 is 16.8 Å². The van der Waals surface area contributed by atoms with E-state index in [4.69, 9.17) is 33.5 Å². The monoisotopic (exact) mass is 454 g/mol. The van der Waals surface area contributed by atoms with E-state index >= 15 is 0 Å². The van der Waals surface area contributed by atoms with Crippen LogP contribution in [-0.2, 0) is 9.59 Å². The number of nitrogens with two attached hydrogens (primary N) is 1. The van der Waals surface area contributed by atoms with Gasteiger partial charge < -0.3 is 20.5 Å². The molecule has 0 spiro atoms. The fourth-order valence-corrected chi connectivity index (χ4v) is 3.07. The van der Waals surface area contributed by atoms with E-state index in [1.165, 1.54) is 4.90 Å². The third kappa shape index (κ3) is 6.20. The fourth-order valence-electron chi connectivity index (χ4n) is 2.83. The number of rotatable bonds is 9. The molecule has 2 amide bonds. The van der Waals surface area contributed by atoms with Crippen molar-refractivity contribution in [3.63, 3.8) is 0 Å². The fraction of sp³-hybridized carbons (Fsp3) is 0.476. The lowest BCUT2D eigenvalue weighted by atomic mass is 10.00. The summed E-state index contributed by atoms with van der Waals surface area (Å²) in [6.07, 6.45) is 1.54. The molecule has 2 unspecified atom stereocenters. The minimum atomic E-state index is -1.25. The van der Waals surface area contributed by atoms with Crippen LogP contribution in [0.1, 0.15) is 27.7 Å². The SMILES string of the molecule is CC(C)C(CN(C(=O)C(Cl)Cl)c1cccc(-c2ccno2)c1)NC(=O)C(N)C(C)C. The lowest BCUT2D eigenvalue weighted by Crippen LogP contribution is -2.54. The van der Waals surface area contributed by atoms with Gasteiger partial charge in [0.15, 0.2) is 10.6 Å². The van der Waals surface area contributed by atoms with Crippen molar-refractivity contribution >= 4 is 40.7 Å².